The van der Waals surface area contributed by atoms with Crippen LogP contribution in [0.25, 0.3) is 0 Å². The first-order chi connectivity index (χ1) is 12.0. The van der Waals surface area contributed by atoms with E-state index < -0.39 is 0 Å². The summed E-state index contributed by atoms with van der Waals surface area (Å²) >= 11 is 3.48. The molecule has 0 aromatic heterocycles. The Morgan fingerprint density at radius 3 is 2.56 bits per heavy atom. The fourth-order valence-corrected chi connectivity index (χ4v) is 3.81. The second-order valence-electron chi connectivity index (χ2n) is 7.32. The molecular weight excluding hydrogens is 380 g/mol. The predicted molar refractivity (Wildman–Crippen MR) is 104 cm³/mol. The smallest absolute Gasteiger partial charge is 0.241 e. The average molecular weight is 409 g/mol. The molecule has 2 rings (SSSR count). The van der Waals surface area contributed by atoms with Gasteiger partial charge < -0.3 is 10.2 Å². The number of benzene rings is 1. The molecule has 1 aromatic carbocycles. The van der Waals surface area contributed by atoms with Crippen LogP contribution in [0.15, 0.2) is 28.7 Å². The lowest BCUT2D eigenvalue weighted by Crippen LogP contribution is -2.44. The summed E-state index contributed by atoms with van der Waals surface area (Å²) in [6, 6.07) is 8.08. The van der Waals surface area contributed by atoms with Crippen LogP contribution in [0.3, 0.4) is 0 Å². The van der Waals surface area contributed by atoms with Crippen molar-refractivity contribution in [3.05, 3.63) is 34.3 Å². The third-order valence-electron chi connectivity index (χ3n) is 4.62. The van der Waals surface area contributed by atoms with E-state index in [1.54, 1.807) is 0 Å². The van der Waals surface area contributed by atoms with Crippen LogP contribution < -0.4 is 5.32 Å². The number of rotatable bonds is 7. The number of amides is 2. The van der Waals surface area contributed by atoms with E-state index in [9.17, 15) is 9.59 Å². The maximum Gasteiger partial charge on any atom is 0.241 e. The lowest BCUT2D eigenvalue weighted by molar-refractivity contribution is -0.134. The minimum Gasteiger partial charge on any atom is -0.347 e. The Morgan fingerprint density at radius 1 is 1.20 bits per heavy atom. The number of carbonyl (C=O) groups excluding carboxylic acids is 2. The van der Waals surface area contributed by atoms with Crippen LogP contribution in [-0.2, 0) is 16.0 Å². The summed E-state index contributed by atoms with van der Waals surface area (Å²) in [5, 5.41) is 2.88. The van der Waals surface area contributed by atoms with Crippen LogP contribution in [0.5, 0.6) is 0 Å². The fourth-order valence-electron chi connectivity index (χ4n) is 3.36. The van der Waals surface area contributed by atoms with Crippen LogP contribution in [0.2, 0.25) is 0 Å². The summed E-state index contributed by atoms with van der Waals surface area (Å²) in [6.45, 7) is 6.01. The van der Waals surface area contributed by atoms with E-state index >= 15 is 0 Å². The Bertz CT molecular complexity index is 583. The number of piperidine rings is 1. The van der Waals surface area contributed by atoms with Gasteiger partial charge in [-0.3, -0.25) is 9.59 Å². The number of likely N-dealkylation sites (tertiary alicyclic amines) is 1. The highest BCUT2D eigenvalue weighted by atomic mass is 79.9. The molecule has 0 unspecified atom stereocenters. The lowest BCUT2D eigenvalue weighted by Gasteiger charge is -2.27. The largest absolute Gasteiger partial charge is 0.347 e. The van der Waals surface area contributed by atoms with Crippen LogP contribution >= 0.6 is 15.9 Å². The second kappa shape index (κ2) is 9.95. The molecule has 25 heavy (non-hydrogen) atoms. The highest BCUT2D eigenvalue weighted by Crippen LogP contribution is 2.20. The van der Waals surface area contributed by atoms with E-state index in [0.29, 0.717) is 12.3 Å². The van der Waals surface area contributed by atoms with E-state index in [4.69, 9.17) is 0 Å². The van der Waals surface area contributed by atoms with Crippen molar-refractivity contribution in [2.24, 2.45) is 11.8 Å². The van der Waals surface area contributed by atoms with Crippen LogP contribution in [-0.4, -0.2) is 36.3 Å². The van der Waals surface area contributed by atoms with Crippen LogP contribution in [0.1, 0.15) is 45.1 Å². The molecule has 138 valence electrons. The highest BCUT2D eigenvalue weighted by molar-refractivity contribution is 9.10. The Kier molecular flexibility index (Phi) is 7.94. The van der Waals surface area contributed by atoms with Gasteiger partial charge in [0.1, 0.15) is 0 Å². The van der Waals surface area contributed by atoms with Gasteiger partial charge in [0.05, 0.1) is 6.54 Å². The molecule has 1 atom stereocenters. The van der Waals surface area contributed by atoms with Crippen molar-refractivity contribution in [2.45, 2.75) is 46.0 Å². The van der Waals surface area contributed by atoms with E-state index in [-0.39, 0.29) is 24.3 Å². The highest BCUT2D eigenvalue weighted by Gasteiger charge is 2.22. The van der Waals surface area contributed by atoms with E-state index in [1.807, 2.05) is 23.1 Å². The molecule has 1 aromatic rings. The van der Waals surface area contributed by atoms with Crippen LogP contribution in [0.4, 0.5) is 0 Å². The molecule has 0 bridgehead atoms. The summed E-state index contributed by atoms with van der Waals surface area (Å²) in [7, 11) is 0. The first-order valence-corrected chi connectivity index (χ1v) is 10.0. The molecule has 1 heterocycles. The molecule has 4 nitrogen and oxygen atoms in total. The summed E-state index contributed by atoms with van der Waals surface area (Å²) in [4.78, 5) is 26.8. The Balaban J connectivity index is 1.91. The van der Waals surface area contributed by atoms with Crippen molar-refractivity contribution in [1.82, 2.24) is 10.2 Å². The number of hydrogen-bond donors (Lipinski definition) is 1. The average Bonchev–Trinajstić information content (AvgIpc) is 2.59. The van der Waals surface area contributed by atoms with Gasteiger partial charge in [0.2, 0.25) is 11.8 Å². The molecule has 0 aliphatic carbocycles. The molecule has 1 saturated heterocycles. The van der Waals surface area contributed by atoms with Crippen LogP contribution in [0, 0.1) is 11.8 Å². The molecule has 1 aliphatic heterocycles. The number of hydrogen-bond acceptors (Lipinski definition) is 2. The molecule has 0 spiro atoms. The zero-order chi connectivity index (χ0) is 18.2. The number of carbonyl (C=O) groups is 2. The summed E-state index contributed by atoms with van der Waals surface area (Å²) in [6.07, 6.45) is 4.84. The molecule has 0 radical (unpaired) electrons. The Hall–Kier alpha value is -1.36. The third-order valence-corrected chi connectivity index (χ3v) is 5.11. The molecule has 1 aliphatic rings. The van der Waals surface area contributed by atoms with Gasteiger partial charge in [0, 0.05) is 23.5 Å². The maximum absolute atomic E-state index is 12.7. The molecule has 1 fully saturated rings. The molecule has 5 heteroatoms. The van der Waals surface area contributed by atoms with Gasteiger partial charge in [-0.05, 0) is 55.7 Å². The van der Waals surface area contributed by atoms with E-state index in [2.05, 4.69) is 41.2 Å². The zero-order valence-electron chi connectivity index (χ0n) is 15.3. The molecule has 2 amide bonds. The van der Waals surface area contributed by atoms with Crippen molar-refractivity contribution in [3.63, 3.8) is 0 Å². The summed E-state index contributed by atoms with van der Waals surface area (Å²) in [5.41, 5.74) is 1.14. The van der Waals surface area contributed by atoms with Gasteiger partial charge in [-0.1, -0.05) is 41.9 Å². The van der Waals surface area contributed by atoms with Gasteiger partial charge in [-0.2, -0.15) is 0 Å². The summed E-state index contributed by atoms with van der Waals surface area (Å²) < 4.78 is 1.02. The standard InChI is InChI=1S/C20H29BrN2O2/c1-15(2)11-17(12-16-7-6-8-18(21)13-16)20(25)22-14-19(24)23-9-4-3-5-10-23/h6-8,13,15,17H,3-5,9-12,14H2,1-2H3,(H,22,25)/t17-/m1/s1. The number of nitrogens with one attached hydrogen (secondary N) is 1. The zero-order valence-corrected chi connectivity index (χ0v) is 16.8. The second-order valence-corrected chi connectivity index (χ2v) is 8.24. The lowest BCUT2D eigenvalue weighted by atomic mass is 9.90. The van der Waals surface area contributed by atoms with Crippen molar-refractivity contribution in [1.29, 1.82) is 0 Å². The van der Waals surface area contributed by atoms with Crippen molar-refractivity contribution in [2.75, 3.05) is 19.6 Å². The minimum atomic E-state index is -0.108. The van der Waals surface area contributed by atoms with Crippen molar-refractivity contribution < 1.29 is 9.59 Å². The Labute approximate surface area is 159 Å². The van der Waals surface area contributed by atoms with Gasteiger partial charge in [-0.25, -0.2) is 0 Å². The third kappa shape index (κ3) is 6.81. The van der Waals surface area contributed by atoms with E-state index in [0.717, 1.165) is 42.4 Å². The Morgan fingerprint density at radius 2 is 1.92 bits per heavy atom. The molecule has 1 N–H and O–H groups in total. The van der Waals surface area contributed by atoms with Gasteiger partial charge >= 0.3 is 0 Å². The normalized spacial score (nSPS) is 15.9. The topological polar surface area (TPSA) is 49.4 Å². The van der Waals surface area contributed by atoms with Gasteiger partial charge in [0.15, 0.2) is 0 Å². The quantitative estimate of drug-likeness (QED) is 0.745. The van der Waals surface area contributed by atoms with Crippen molar-refractivity contribution in [3.8, 4) is 0 Å². The fraction of sp³-hybridized carbons (Fsp3) is 0.600. The monoisotopic (exact) mass is 408 g/mol. The molecule has 0 saturated carbocycles. The first kappa shape index (κ1) is 20.0. The minimum absolute atomic E-state index is 0.0148. The SMILES string of the molecule is CC(C)C[C@H](Cc1cccc(Br)c1)C(=O)NCC(=O)N1CCCCC1. The van der Waals surface area contributed by atoms with Gasteiger partial charge in [0.25, 0.3) is 0 Å². The first-order valence-electron chi connectivity index (χ1n) is 9.25. The predicted octanol–water partition coefficient (Wildman–Crippen LogP) is 3.78. The van der Waals surface area contributed by atoms with E-state index in [1.165, 1.54) is 6.42 Å². The summed E-state index contributed by atoms with van der Waals surface area (Å²) in [5.74, 6) is 0.349. The number of nitrogens with zero attached hydrogens (tertiary/aromatic N) is 1. The molecular formula is C20H29BrN2O2. The van der Waals surface area contributed by atoms with Crippen molar-refractivity contribution >= 4 is 27.7 Å². The maximum atomic E-state index is 12.7. The van der Waals surface area contributed by atoms with Gasteiger partial charge in [-0.15, -0.1) is 0 Å². The number of halogens is 1.